The Morgan fingerprint density at radius 3 is 2.16 bits per heavy atom. The number of fused-ring (bicyclic) bond motifs is 1. The Labute approximate surface area is 180 Å². The first-order chi connectivity index (χ1) is 15.2. The van der Waals surface area contributed by atoms with Gasteiger partial charge >= 0.3 is 0 Å². The summed E-state index contributed by atoms with van der Waals surface area (Å²) in [6.07, 6.45) is 0. The van der Waals surface area contributed by atoms with E-state index >= 15 is 0 Å². The predicted octanol–water partition coefficient (Wildman–Crippen LogP) is 4.38. The van der Waals surface area contributed by atoms with Gasteiger partial charge in [0.25, 0.3) is 5.91 Å². The van der Waals surface area contributed by atoms with Crippen LogP contribution in [-0.4, -0.2) is 36.3 Å². The van der Waals surface area contributed by atoms with E-state index < -0.39 is 0 Å². The number of carbonyl (C=O) groups excluding carboxylic acids is 1. The van der Waals surface area contributed by atoms with Crippen molar-refractivity contribution >= 4 is 22.9 Å². The van der Waals surface area contributed by atoms with Crippen LogP contribution in [0.15, 0.2) is 72.8 Å². The number of hydrogen-bond donors (Lipinski definition) is 1. The summed E-state index contributed by atoms with van der Waals surface area (Å²) in [6.45, 7) is 0.933. The molecule has 7 nitrogen and oxygen atoms in total. The maximum Gasteiger partial charge on any atom is 0.257 e. The second-order valence-corrected chi connectivity index (χ2v) is 6.78. The van der Waals surface area contributed by atoms with Gasteiger partial charge in [0.05, 0.1) is 31.8 Å². The van der Waals surface area contributed by atoms with Crippen molar-refractivity contribution in [2.45, 2.75) is 6.54 Å². The molecule has 31 heavy (non-hydrogen) atoms. The average molecular weight is 417 g/mol. The molecule has 0 aliphatic rings. The number of nitrogens with one attached hydrogen (secondary N) is 1. The van der Waals surface area contributed by atoms with Crippen molar-refractivity contribution < 1.29 is 19.0 Å². The normalized spacial score (nSPS) is 10.6. The van der Waals surface area contributed by atoms with Crippen LogP contribution in [0.4, 0.5) is 5.95 Å². The lowest BCUT2D eigenvalue weighted by Gasteiger charge is -2.12. The monoisotopic (exact) mass is 417 g/mol. The molecule has 0 aliphatic carbocycles. The van der Waals surface area contributed by atoms with E-state index in [1.165, 1.54) is 0 Å². The molecule has 1 N–H and O–H groups in total. The van der Waals surface area contributed by atoms with Crippen molar-refractivity contribution in [1.29, 1.82) is 0 Å². The average Bonchev–Trinajstić information content (AvgIpc) is 3.16. The van der Waals surface area contributed by atoms with E-state index in [1.807, 2.05) is 53.1 Å². The number of methoxy groups -OCH3 is 2. The van der Waals surface area contributed by atoms with Gasteiger partial charge in [-0.1, -0.05) is 12.1 Å². The van der Waals surface area contributed by atoms with Crippen molar-refractivity contribution in [3.63, 3.8) is 0 Å². The highest BCUT2D eigenvalue weighted by Gasteiger charge is 2.14. The number of aromatic nitrogens is 2. The molecule has 1 heterocycles. The first-order valence-corrected chi connectivity index (χ1v) is 9.85. The SMILES string of the molecule is COc1ccc(OCCn2c(NC(=O)c3ccc(OC)cc3)nc3ccccc32)cc1. The van der Waals surface area contributed by atoms with Crippen LogP contribution in [0.3, 0.4) is 0 Å². The Kier molecular flexibility index (Phi) is 6.03. The molecule has 158 valence electrons. The van der Waals surface area contributed by atoms with E-state index in [2.05, 4.69) is 10.3 Å². The Morgan fingerprint density at radius 1 is 0.871 bits per heavy atom. The number of ether oxygens (including phenoxy) is 3. The van der Waals surface area contributed by atoms with Crippen molar-refractivity contribution in [1.82, 2.24) is 9.55 Å². The molecule has 0 saturated carbocycles. The van der Waals surface area contributed by atoms with Gasteiger partial charge < -0.3 is 18.8 Å². The van der Waals surface area contributed by atoms with Crippen LogP contribution in [0.2, 0.25) is 0 Å². The zero-order chi connectivity index (χ0) is 21.6. The topological polar surface area (TPSA) is 74.6 Å². The minimum absolute atomic E-state index is 0.240. The number of carbonyl (C=O) groups is 1. The van der Waals surface area contributed by atoms with Gasteiger partial charge in [-0.3, -0.25) is 10.1 Å². The van der Waals surface area contributed by atoms with Crippen molar-refractivity contribution in [2.24, 2.45) is 0 Å². The molecule has 0 fully saturated rings. The largest absolute Gasteiger partial charge is 0.497 e. The van der Waals surface area contributed by atoms with Crippen LogP contribution < -0.4 is 19.5 Å². The zero-order valence-corrected chi connectivity index (χ0v) is 17.4. The second kappa shape index (κ2) is 9.21. The Balaban J connectivity index is 1.51. The fourth-order valence-corrected chi connectivity index (χ4v) is 3.24. The summed E-state index contributed by atoms with van der Waals surface area (Å²) in [5.41, 5.74) is 2.25. The predicted molar refractivity (Wildman–Crippen MR) is 119 cm³/mol. The van der Waals surface area contributed by atoms with Gasteiger partial charge in [0.2, 0.25) is 5.95 Å². The number of imidazole rings is 1. The molecular weight excluding hydrogens is 394 g/mol. The molecule has 0 unspecified atom stereocenters. The van der Waals surface area contributed by atoms with E-state index in [9.17, 15) is 4.79 Å². The maximum atomic E-state index is 12.8. The number of nitrogens with zero attached hydrogens (tertiary/aromatic N) is 2. The van der Waals surface area contributed by atoms with Crippen LogP contribution in [0.1, 0.15) is 10.4 Å². The Bertz CT molecular complexity index is 1170. The van der Waals surface area contributed by atoms with Crippen LogP contribution in [-0.2, 0) is 6.54 Å². The van der Waals surface area contributed by atoms with Crippen molar-refractivity contribution in [2.75, 3.05) is 26.1 Å². The highest BCUT2D eigenvalue weighted by molar-refractivity contribution is 6.04. The quantitative estimate of drug-likeness (QED) is 0.460. The van der Waals surface area contributed by atoms with Gasteiger partial charge in [-0.15, -0.1) is 0 Å². The molecule has 1 amide bonds. The van der Waals surface area contributed by atoms with E-state index in [4.69, 9.17) is 14.2 Å². The zero-order valence-electron chi connectivity index (χ0n) is 17.4. The fourth-order valence-electron chi connectivity index (χ4n) is 3.24. The summed E-state index contributed by atoms with van der Waals surface area (Å²) < 4.78 is 18.1. The lowest BCUT2D eigenvalue weighted by Crippen LogP contribution is -2.17. The van der Waals surface area contributed by atoms with Gasteiger partial charge in [-0.2, -0.15) is 0 Å². The van der Waals surface area contributed by atoms with Crippen LogP contribution in [0.25, 0.3) is 11.0 Å². The van der Waals surface area contributed by atoms with Gasteiger partial charge in [0, 0.05) is 5.56 Å². The molecule has 4 aromatic rings. The molecule has 3 aromatic carbocycles. The standard InChI is InChI=1S/C24H23N3O4/c1-29-18-9-7-17(8-10-18)23(28)26-24-25-21-5-3-4-6-22(21)27(24)15-16-31-20-13-11-19(30-2)12-14-20/h3-14H,15-16H2,1-2H3,(H,25,26,28). The Morgan fingerprint density at radius 2 is 1.48 bits per heavy atom. The molecular formula is C24H23N3O4. The number of hydrogen-bond acceptors (Lipinski definition) is 5. The lowest BCUT2D eigenvalue weighted by atomic mass is 10.2. The molecule has 0 atom stereocenters. The Hall–Kier alpha value is -4.00. The maximum absolute atomic E-state index is 12.8. The summed E-state index contributed by atoms with van der Waals surface area (Å²) in [6, 6.07) is 22.1. The number of para-hydroxylation sites is 2. The minimum Gasteiger partial charge on any atom is -0.497 e. The fraction of sp³-hybridized carbons (Fsp3) is 0.167. The van der Waals surface area contributed by atoms with E-state index in [0.29, 0.717) is 30.4 Å². The molecule has 7 heteroatoms. The number of benzene rings is 3. The third-order valence-electron chi connectivity index (χ3n) is 4.88. The molecule has 0 bridgehead atoms. The second-order valence-electron chi connectivity index (χ2n) is 6.78. The highest BCUT2D eigenvalue weighted by Crippen LogP contribution is 2.22. The van der Waals surface area contributed by atoms with Crippen molar-refractivity contribution in [3.8, 4) is 17.2 Å². The van der Waals surface area contributed by atoms with E-state index in [-0.39, 0.29) is 5.91 Å². The summed E-state index contributed by atoms with van der Waals surface area (Å²) >= 11 is 0. The van der Waals surface area contributed by atoms with Crippen LogP contribution in [0.5, 0.6) is 17.2 Å². The summed E-state index contributed by atoms with van der Waals surface area (Å²) in [7, 11) is 3.22. The first-order valence-electron chi connectivity index (χ1n) is 9.85. The summed E-state index contributed by atoms with van der Waals surface area (Å²) in [5.74, 6) is 2.45. The molecule has 0 spiro atoms. The summed E-state index contributed by atoms with van der Waals surface area (Å²) in [4.78, 5) is 17.3. The van der Waals surface area contributed by atoms with Crippen molar-refractivity contribution in [3.05, 3.63) is 78.4 Å². The van der Waals surface area contributed by atoms with Gasteiger partial charge in [0.1, 0.15) is 23.9 Å². The number of rotatable bonds is 8. The van der Waals surface area contributed by atoms with Gasteiger partial charge in [-0.25, -0.2) is 4.98 Å². The number of amides is 1. The lowest BCUT2D eigenvalue weighted by molar-refractivity contribution is 0.102. The molecule has 1 aromatic heterocycles. The van der Waals surface area contributed by atoms with E-state index in [0.717, 1.165) is 22.5 Å². The molecule has 0 aliphatic heterocycles. The highest BCUT2D eigenvalue weighted by atomic mass is 16.5. The minimum atomic E-state index is -0.240. The van der Waals surface area contributed by atoms with Gasteiger partial charge in [-0.05, 0) is 60.7 Å². The third kappa shape index (κ3) is 4.61. The molecule has 0 radical (unpaired) electrons. The van der Waals surface area contributed by atoms with Crippen LogP contribution >= 0.6 is 0 Å². The van der Waals surface area contributed by atoms with E-state index in [1.54, 1.807) is 38.5 Å². The molecule has 4 rings (SSSR count). The molecule has 0 saturated heterocycles. The third-order valence-corrected chi connectivity index (χ3v) is 4.88. The number of anilines is 1. The van der Waals surface area contributed by atoms with Crippen LogP contribution in [0, 0.1) is 0 Å². The van der Waals surface area contributed by atoms with Gasteiger partial charge in [0.15, 0.2) is 0 Å². The smallest absolute Gasteiger partial charge is 0.257 e. The first kappa shape index (κ1) is 20.3. The summed E-state index contributed by atoms with van der Waals surface area (Å²) in [5, 5.41) is 2.92.